The lowest BCUT2D eigenvalue weighted by Crippen LogP contribution is -2.30. The number of sulfonamides is 1. The topological polar surface area (TPSA) is 75.4 Å². The molecule has 1 atom stereocenters. The summed E-state index contributed by atoms with van der Waals surface area (Å²) >= 11 is 1.46. The number of furan rings is 1. The number of anilines is 1. The predicted octanol–water partition coefficient (Wildman–Crippen LogP) is 6.00. The summed E-state index contributed by atoms with van der Waals surface area (Å²) in [5.74, 6) is -0.157. The van der Waals surface area contributed by atoms with Crippen LogP contribution in [0.2, 0.25) is 0 Å². The molecule has 0 aliphatic carbocycles. The van der Waals surface area contributed by atoms with Gasteiger partial charge in [0.05, 0.1) is 29.4 Å². The maximum absolute atomic E-state index is 15.1. The summed E-state index contributed by atoms with van der Waals surface area (Å²) in [6.45, 7) is 3.97. The van der Waals surface area contributed by atoms with Crippen molar-refractivity contribution in [1.29, 1.82) is 0 Å². The SMILES string of the molecule is C=CC[C@@H](Nc1ccc(S(=O)(=O)N(Cc2ccco2)Cc2cccs2)cc1F)c1cccnc1. The van der Waals surface area contributed by atoms with Gasteiger partial charge in [0.2, 0.25) is 10.0 Å². The van der Waals surface area contributed by atoms with Gasteiger partial charge in [0.25, 0.3) is 0 Å². The molecule has 1 aromatic carbocycles. The number of rotatable bonds is 11. The molecule has 0 aliphatic heterocycles. The molecule has 0 saturated heterocycles. The van der Waals surface area contributed by atoms with E-state index < -0.39 is 15.8 Å². The van der Waals surface area contributed by atoms with E-state index in [1.807, 2.05) is 23.6 Å². The molecule has 34 heavy (non-hydrogen) atoms. The molecule has 3 aromatic heterocycles. The highest BCUT2D eigenvalue weighted by Crippen LogP contribution is 2.29. The summed E-state index contributed by atoms with van der Waals surface area (Å²) in [5, 5.41) is 5.02. The van der Waals surface area contributed by atoms with Crippen LogP contribution < -0.4 is 5.32 Å². The standard InChI is InChI=1S/C25H24FN3O3S2/c1-2-6-24(19-7-3-12-27-16-19)28-25-11-10-22(15-23(25)26)34(30,31)29(17-20-8-4-13-32-20)18-21-9-5-14-33-21/h2-5,7-16,24,28H,1,6,17-18H2/t24-/m1/s1. The third kappa shape index (κ3) is 5.61. The van der Waals surface area contributed by atoms with Crippen LogP contribution in [0.3, 0.4) is 0 Å². The fourth-order valence-electron chi connectivity index (χ4n) is 3.52. The number of hydrogen-bond acceptors (Lipinski definition) is 6. The van der Waals surface area contributed by atoms with Crippen LogP contribution in [0.25, 0.3) is 0 Å². The van der Waals surface area contributed by atoms with Crippen molar-refractivity contribution in [2.75, 3.05) is 5.32 Å². The molecule has 0 unspecified atom stereocenters. The lowest BCUT2D eigenvalue weighted by Gasteiger charge is -2.22. The first kappa shape index (κ1) is 23.9. The molecule has 3 heterocycles. The smallest absolute Gasteiger partial charge is 0.243 e. The second-order valence-electron chi connectivity index (χ2n) is 7.58. The number of pyridine rings is 1. The number of thiophene rings is 1. The van der Waals surface area contributed by atoms with E-state index in [2.05, 4.69) is 16.9 Å². The predicted molar refractivity (Wildman–Crippen MR) is 131 cm³/mol. The largest absolute Gasteiger partial charge is 0.468 e. The molecule has 0 fully saturated rings. The second-order valence-corrected chi connectivity index (χ2v) is 10.6. The van der Waals surface area contributed by atoms with Gasteiger partial charge in [-0.1, -0.05) is 18.2 Å². The Hall–Kier alpha value is -3.27. The lowest BCUT2D eigenvalue weighted by atomic mass is 10.1. The van der Waals surface area contributed by atoms with Crippen molar-refractivity contribution in [1.82, 2.24) is 9.29 Å². The highest BCUT2D eigenvalue weighted by atomic mass is 32.2. The molecule has 9 heteroatoms. The van der Waals surface area contributed by atoms with Gasteiger partial charge in [-0.2, -0.15) is 4.31 Å². The molecule has 0 radical (unpaired) electrons. The zero-order valence-electron chi connectivity index (χ0n) is 18.3. The third-order valence-corrected chi connectivity index (χ3v) is 7.87. The highest BCUT2D eigenvalue weighted by molar-refractivity contribution is 7.89. The Kier molecular flexibility index (Phi) is 7.56. The quantitative estimate of drug-likeness (QED) is 0.257. The molecule has 0 amide bonds. The van der Waals surface area contributed by atoms with E-state index in [0.29, 0.717) is 12.2 Å². The van der Waals surface area contributed by atoms with Gasteiger partial charge in [-0.3, -0.25) is 4.98 Å². The van der Waals surface area contributed by atoms with E-state index in [-0.39, 0.29) is 29.7 Å². The van der Waals surface area contributed by atoms with Crippen molar-refractivity contribution in [2.24, 2.45) is 0 Å². The summed E-state index contributed by atoms with van der Waals surface area (Å²) in [6.07, 6.45) is 7.14. The van der Waals surface area contributed by atoms with Crippen LogP contribution in [0.4, 0.5) is 10.1 Å². The third-order valence-electron chi connectivity index (χ3n) is 5.22. The summed E-state index contributed by atoms with van der Waals surface area (Å²) in [6, 6.07) is 14.5. The molecular formula is C25H24FN3O3S2. The molecule has 0 bridgehead atoms. The van der Waals surface area contributed by atoms with Gasteiger partial charge >= 0.3 is 0 Å². The van der Waals surface area contributed by atoms with E-state index >= 15 is 4.39 Å². The van der Waals surface area contributed by atoms with Crippen molar-refractivity contribution >= 4 is 27.0 Å². The van der Waals surface area contributed by atoms with Crippen molar-refractivity contribution in [3.05, 3.63) is 113 Å². The Morgan fingerprint density at radius 2 is 2.06 bits per heavy atom. The summed E-state index contributed by atoms with van der Waals surface area (Å²) in [5.41, 5.74) is 1.07. The number of hydrogen-bond donors (Lipinski definition) is 1. The van der Waals surface area contributed by atoms with Gasteiger partial charge in [-0.05, 0) is 59.8 Å². The first-order valence-electron chi connectivity index (χ1n) is 10.6. The highest BCUT2D eigenvalue weighted by Gasteiger charge is 2.27. The Morgan fingerprint density at radius 3 is 2.71 bits per heavy atom. The monoisotopic (exact) mass is 497 g/mol. The summed E-state index contributed by atoms with van der Waals surface area (Å²) in [4.78, 5) is 4.87. The molecule has 176 valence electrons. The Balaban J connectivity index is 1.60. The van der Waals surface area contributed by atoms with Crippen LogP contribution in [0.5, 0.6) is 0 Å². The van der Waals surface area contributed by atoms with Crippen molar-refractivity contribution in [3.8, 4) is 0 Å². The number of aromatic nitrogens is 1. The lowest BCUT2D eigenvalue weighted by molar-refractivity contribution is 0.360. The molecule has 0 spiro atoms. The maximum Gasteiger partial charge on any atom is 0.243 e. The molecule has 0 saturated carbocycles. The zero-order chi connectivity index (χ0) is 24.0. The average Bonchev–Trinajstić information content (AvgIpc) is 3.54. The molecule has 0 aliphatic rings. The first-order chi connectivity index (χ1) is 16.5. The molecule has 6 nitrogen and oxygen atoms in total. The van der Waals surface area contributed by atoms with Crippen molar-refractivity contribution in [3.63, 3.8) is 0 Å². The number of halogens is 1. The average molecular weight is 498 g/mol. The van der Waals surface area contributed by atoms with Gasteiger partial charge < -0.3 is 9.73 Å². The Bertz CT molecular complexity index is 1270. The van der Waals surface area contributed by atoms with E-state index in [1.54, 1.807) is 36.7 Å². The van der Waals surface area contributed by atoms with Crippen LogP contribution in [0, 0.1) is 5.82 Å². The van der Waals surface area contributed by atoms with Crippen LogP contribution >= 0.6 is 11.3 Å². The first-order valence-corrected chi connectivity index (χ1v) is 12.9. The van der Waals surface area contributed by atoms with Gasteiger partial charge in [0.15, 0.2) is 0 Å². The zero-order valence-corrected chi connectivity index (χ0v) is 19.9. The maximum atomic E-state index is 15.1. The van der Waals surface area contributed by atoms with E-state index in [4.69, 9.17) is 4.42 Å². The molecular weight excluding hydrogens is 473 g/mol. The number of nitrogens with zero attached hydrogens (tertiary/aromatic N) is 2. The second kappa shape index (κ2) is 10.8. The molecule has 4 rings (SSSR count). The fourth-order valence-corrected chi connectivity index (χ4v) is 5.71. The Morgan fingerprint density at radius 1 is 1.18 bits per heavy atom. The van der Waals surface area contributed by atoms with Crippen molar-refractivity contribution in [2.45, 2.75) is 30.4 Å². The van der Waals surface area contributed by atoms with Gasteiger partial charge in [-0.15, -0.1) is 17.9 Å². The van der Waals surface area contributed by atoms with E-state index in [0.717, 1.165) is 16.5 Å². The Labute approximate surface area is 202 Å². The van der Waals surface area contributed by atoms with Crippen LogP contribution in [-0.2, 0) is 23.1 Å². The summed E-state index contributed by atoms with van der Waals surface area (Å²) < 4.78 is 48.7. The van der Waals surface area contributed by atoms with Crippen LogP contribution in [0.15, 0.2) is 101 Å². The number of benzene rings is 1. The van der Waals surface area contributed by atoms with Crippen molar-refractivity contribution < 1.29 is 17.2 Å². The van der Waals surface area contributed by atoms with Gasteiger partial charge in [-0.25, -0.2) is 12.8 Å². The fraction of sp³-hybridized carbons (Fsp3) is 0.160. The number of nitrogens with one attached hydrogen (secondary N) is 1. The minimum Gasteiger partial charge on any atom is -0.468 e. The van der Waals surface area contributed by atoms with E-state index in [9.17, 15) is 8.42 Å². The molecule has 4 aromatic rings. The van der Waals surface area contributed by atoms with Crippen LogP contribution in [0.1, 0.15) is 28.7 Å². The minimum absolute atomic E-state index is 0.0390. The molecule has 1 N–H and O–H groups in total. The van der Waals surface area contributed by atoms with Crippen LogP contribution in [-0.4, -0.2) is 17.7 Å². The van der Waals surface area contributed by atoms with Gasteiger partial charge in [0.1, 0.15) is 11.6 Å². The summed E-state index contributed by atoms with van der Waals surface area (Å²) in [7, 11) is -4.00. The minimum atomic E-state index is -4.00. The normalized spacial score (nSPS) is 12.5. The van der Waals surface area contributed by atoms with E-state index in [1.165, 1.54) is 34.0 Å². The van der Waals surface area contributed by atoms with Gasteiger partial charge in [0, 0.05) is 23.8 Å².